The van der Waals surface area contributed by atoms with Crippen LogP contribution >= 0.6 is 11.6 Å². The van der Waals surface area contributed by atoms with Gasteiger partial charge in [0.25, 0.3) is 0 Å². The molecule has 1 heterocycles. The third-order valence-corrected chi connectivity index (χ3v) is 3.57. The maximum atomic E-state index is 11.7. The van der Waals surface area contributed by atoms with E-state index in [1.165, 1.54) is 0 Å². The van der Waals surface area contributed by atoms with Gasteiger partial charge in [-0.3, -0.25) is 4.79 Å². The van der Waals surface area contributed by atoms with E-state index in [-0.39, 0.29) is 18.4 Å². The third-order valence-electron chi connectivity index (χ3n) is 3.22. The first-order valence-corrected chi connectivity index (χ1v) is 5.67. The van der Waals surface area contributed by atoms with Gasteiger partial charge >= 0.3 is 0 Å². The molecule has 86 valence electrons. The molecule has 0 aliphatic carbocycles. The number of fused-ring (bicyclic) bond motifs is 1. The highest BCUT2D eigenvalue weighted by atomic mass is 35.5. The van der Waals surface area contributed by atoms with E-state index in [0.717, 1.165) is 21.8 Å². The van der Waals surface area contributed by atoms with Crippen molar-refractivity contribution in [1.29, 1.82) is 0 Å². The predicted molar refractivity (Wildman–Crippen MR) is 66.1 cm³/mol. The van der Waals surface area contributed by atoms with Crippen LogP contribution < -0.4 is 10.6 Å². The van der Waals surface area contributed by atoms with Gasteiger partial charge in [-0.1, -0.05) is 17.7 Å². The molecule has 1 aromatic rings. The van der Waals surface area contributed by atoms with Gasteiger partial charge in [-0.2, -0.15) is 0 Å². The highest BCUT2D eigenvalue weighted by Gasteiger charge is 2.33. The van der Waals surface area contributed by atoms with Crippen LogP contribution in [0.2, 0.25) is 5.02 Å². The molecule has 0 aromatic heterocycles. The Balaban J connectivity index is 2.45. The quantitative estimate of drug-likeness (QED) is 0.850. The lowest BCUT2D eigenvalue weighted by Gasteiger charge is -2.22. The smallest absolute Gasteiger partial charge is 0.169 e. The van der Waals surface area contributed by atoms with Crippen LogP contribution in [0.15, 0.2) is 12.1 Å². The second-order valence-corrected chi connectivity index (χ2v) is 4.60. The molecule has 1 atom stereocenters. The van der Waals surface area contributed by atoms with Crippen LogP contribution in [0, 0.1) is 6.92 Å². The van der Waals surface area contributed by atoms with E-state index in [0.29, 0.717) is 6.42 Å². The number of benzene rings is 1. The maximum Gasteiger partial charge on any atom is 0.169 e. The zero-order chi connectivity index (χ0) is 11.9. The predicted octanol–water partition coefficient (Wildman–Crippen LogP) is 1.54. The maximum absolute atomic E-state index is 11.7. The first-order chi connectivity index (χ1) is 7.56. The molecule has 2 rings (SSSR count). The lowest BCUT2D eigenvalue weighted by atomic mass is 10.1. The van der Waals surface area contributed by atoms with E-state index in [2.05, 4.69) is 0 Å². The van der Waals surface area contributed by atoms with Crippen molar-refractivity contribution in [3.05, 3.63) is 28.3 Å². The topological polar surface area (TPSA) is 46.3 Å². The van der Waals surface area contributed by atoms with Crippen LogP contribution in [0.1, 0.15) is 11.1 Å². The van der Waals surface area contributed by atoms with Gasteiger partial charge in [0.15, 0.2) is 5.78 Å². The number of nitrogens with zero attached hydrogens (tertiary/aromatic N) is 1. The van der Waals surface area contributed by atoms with Crippen molar-refractivity contribution in [2.45, 2.75) is 19.4 Å². The monoisotopic (exact) mass is 238 g/mol. The summed E-state index contributed by atoms with van der Waals surface area (Å²) in [5.41, 5.74) is 8.71. The molecule has 1 aliphatic rings. The molecule has 3 nitrogen and oxygen atoms in total. The fraction of sp³-hybridized carbons (Fsp3) is 0.417. The summed E-state index contributed by atoms with van der Waals surface area (Å²) in [6, 6.07) is 3.71. The molecular weight excluding hydrogens is 224 g/mol. The van der Waals surface area contributed by atoms with Crippen LogP contribution in [-0.2, 0) is 11.2 Å². The van der Waals surface area contributed by atoms with Crippen molar-refractivity contribution in [3.8, 4) is 0 Å². The highest BCUT2D eigenvalue weighted by Crippen LogP contribution is 2.38. The number of carbonyl (C=O) groups is 1. The molecular formula is C12H15ClN2O. The Kier molecular flexibility index (Phi) is 2.91. The molecule has 2 N–H and O–H groups in total. The lowest BCUT2D eigenvalue weighted by Crippen LogP contribution is -2.39. The molecule has 0 spiro atoms. The summed E-state index contributed by atoms with van der Waals surface area (Å²) in [5.74, 6) is 0.0640. The Morgan fingerprint density at radius 1 is 1.62 bits per heavy atom. The summed E-state index contributed by atoms with van der Waals surface area (Å²) in [6.45, 7) is 2.11. The average Bonchev–Trinajstić information content (AvgIpc) is 2.62. The lowest BCUT2D eigenvalue weighted by molar-refractivity contribution is -0.118. The van der Waals surface area contributed by atoms with Crippen molar-refractivity contribution < 1.29 is 4.79 Å². The standard InChI is InChI=1S/C12H15ClN2O/c1-7-3-4-9(13)8-5-10(11(16)6-14)15(2)12(7)8/h3-4,10H,5-6,14H2,1-2H3. The number of ketones is 1. The van der Waals surface area contributed by atoms with Crippen molar-refractivity contribution in [3.63, 3.8) is 0 Å². The summed E-state index contributed by atoms with van der Waals surface area (Å²) in [5, 5.41) is 0.736. The van der Waals surface area contributed by atoms with Gasteiger partial charge in [0.05, 0.1) is 12.6 Å². The summed E-state index contributed by atoms with van der Waals surface area (Å²) in [7, 11) is 1.92. The minimum atomic E-state index is -0.154. The fourth-order valence-electron chi connectivity index (χ4n) is 2.37. The van der Waals surface area contributed by atoms with E-state index in [4.69, 9.17) is 17.3 Å². The zero-order valence-corrected chi connectivity index (χ0v) is 10.2. The summed E-state index contributed by atoms with van der Waals surface area (Å²) in [6.07, 6.45) is 0.669. The van der Waals surface area contributed by atoms with E-state index < -0.39 is 0 Å². The van der Waals surface area contributed by atoms with Gasteiger partial charge < -0.3 is 10.6 Å². The molecule has 0 amide bonds. The largest absolute Gasteiger partial charge is 0.364 e. The van der Waals surface area contributed by atoms with Gasteiger partial charge in [0.1, 0.15) is 0 Å². The number of nitrogens with two attached hydrogens (primary N) is 1. The first kappa shape index (κ1) is 11.4. The van der Waals surface area contributed by atoms with E-state index >= 15 is 0 Å². The van der Waals surface area contributed by atoms with Crippen molar-refractivity contribution in [1.82, 2.24) is 0 Å². The molecule has 1 aromatic carbocycles. The highest BCUT2D eigenvalue weighted by molar-refractivity contribution is 6.32. The summed E-state index contributed by atoms with van der Waals surface area (Å²) < 4.78 is 0. The number of hydrogen-bond donors (Lipinski definition) is 1. The molecule has 0 fully saturated rings. The minimum Gasteiger partial charge on any atom is -0.364 e. The molecule has 1 unspecified atom stereocenters. The fourth-order valence-corrected chi connectivity index (χ4v) is 2.60. The van der Waals surface area contributed by atoms with Gasteiger partial charge in [-0.15, -0.1) is 0 Å². The molecule has 0 bridgehead atoms. The Hall–Kier alpha value is -1.06. The molecule has 1 aliphatic heterocycles. The van der Waals surface area contributed by atoms with Crippen LogP contribution in [0.25, 0.3) is 0 Å². The van der Waals surface area contributed by atoms with Crippen LogP contribution in [-0.4, -0.2) is 25.4 Å². The second kappa shape index (κ2) is 4.07. The number of likely N-dealkylation sites (N-methyl/N-ethyl adjacent to an activating group) is 1. The van der Waals surface area contributed by atoms with E-state index in [1.807, 2.05) is 31.0 Å². The van der Waals surface area contributed by atoms with E-state index in [9.17, 15) is 4.79 Å². The number of anilines is 1. The number of halogens is 1. The van der Waals surface area contributed by atoms with Gasteiger partial charge in [-0.05, 0) is 24.1 Å². The number of aryl methyl sites for hydroxylation is 1. The van der Waals surface area contributed by atoms with Crippen LogP contribution in [0.5, 0.6) is 0 Å². The Morgan fingerprint density at radius 2 is 2.31 bits per heavy atom. The number of carbonyl (C=O) groups excluding carboxylic acids is 1. The molecule has 4 heteroatoms. The molecule has 0 saturated heterocycles. The number of Topliss-reactive ketones (excluding diaryl/α,β-unsaturated/α-hetero) is 1. The van der Waals surface area contributed by atoms with Gasteiger partial charge in [-0.25, -0.2) is 0 Å². The minimum absolute atomic E-state index is 0.0640. The molecule has 0 radical (unpaired) electrons. The summed E-state index contributed by atoms with van der Waals surface area (Å²) in [4.78, 5) is 13.7. The zero-order valence-electron chi connectivity index (χ0n) is 9.46. The number of rotatable bonds is 2. The second-order valence-electron chi connectivity index (χ2n) is 4.19. The Labute approximate surface area is 100 Å². The number of hydrogen-bond acceptors (Lipinski definition) is 3. The van der Waals surface area contributed by atoms with Gasteiger partial charge in [0, 0.05) is 24.2 Å². The van der Waals surface area contributed by atoms with Crippen LogP contribution in [0.3, 0.4) is 0 Å². The van der Waals surface area contributed by atoms with Crippen molar-refractivity contribution in [2.24, 2.45) is 5.73 Å². The third kappa shape index (κ3) is 1.60. The normalized spacial score (nSPS) is 18.8. The molecule has 16 heavy (non-hydrogen) atoms. The molecule has 0 saturated carbocycles. The van der Waals surface area contributed by atoms with Crippen molar-refractivity contribution in [2.75, 3.05) is 18.5 Å². The average molecular weight is 239 g/mol. The summed E-state index contributed by atoms with van der Waals surface area (Å²) >= 11 is 6.15. The van der Waals surface area contributed by atoms with Gasteiger partial charge in [0.2, 0.25) is 0 Å². The Morgan fingerprint density at radius 3 is 2.88 bits per heavy atom. The Bertz CT molecular complexity index is 445. The first-order valence-electron chi connectivity index (χ1n) is 5.30. The van der Waals surface area contributed by atoms with E-state index in [1.54, 1.807) is 0 Å². The van der Waals surface area contributed by atoms with Crippen LogP contribution in [0.4, 0.5) is 5.69 Å². The van der Waals surface area contributed by atoms with Crippen molar-refractivity contribution >= 4 is 23.1 Å². The SMILES string of the molecule is Cc1ccc(Cl)c2c1N(C)C(C(=O)CN)C2.